The topological polar surface area (TPSA) is 21.3 Å². The van der Waals surface area contributed by atoms with E-state index in [2.05, 4.69) is 5.32 Å². The van der Waals surface area contributed by atoms with Crippen LogP contribution in [0.4, 0.5) is 17.6 Å². The van der Waals surface area contributed by atoms with E-state index in [-0.39, 0.29) is 35.9 Å². The van der Waals surface area contributed by atoms with Crippen LogP contribution < -0.4 is 10.1 Å². The fraction of sp³-hybridized carbons (Fsp3) is 0.538. The summed E-state index contributed by atoms with van der Waals surface area (Å²) >= 11 is -0.184. The van der Waals surface area contributed by atoms with E-state index in [1.165, 1.54) is 12.1 Å². The van der Waals surface area contributed by atoms with Crippen molar-refractivity contribution >= 4 is 11.8 Å². The Kier molecular flexibility index (Phi) is 6.61. The molecule has 0 aliphatic rings. The van der Waals surface area contributed by atoms with Gasteiger partial charge in [-0.25, -0.2) is 4.39 Å². The van der Waals surface area contributed by atoms with E-state index in [4.69, 9.17) is 4.74 Å². The summed E-state index contributed by atoms with van der Waals surface area (Å²) in [4.78, 5) is 0. The molecule has 1 rings (SSSR count). The molecular formula is C13H17F4NOS. The Labute approximate surface area is 119 Å². The molecule has 0 fully saturated rings. The Morgan fingerprint density at radius 1 is 1.30 bits per heavy atom. The van der Waals surface area contributed by atoms with Crippen molar-refractivity contribution < 1.29 is 22.3 Å². The average molecular weight is 311 g/mol. The zero-order chi connectivity index (χ0) is 15.2. The molecule has 0 heterocycles. The van der Waals surface area contributed by atoms with Gasteiger partial charge in [0, 0.05) is 18.3 Å². The quantitative estimate of drug-likeness (QED) is 0.608. The van der Waals surface area contributed by atoms with E-state index in [1.807, 2.05) is 13.8 Å². The van der Waals surface area contributed by atoms with Crippen LogP contribution in [0, 0.1) is 5.82 Å². The van der Waals surface area contributed by atoms with Gasteiger partial charge in [0.2, 0.25) is 0 Å². The second kappa shape index (κ2) is 7.73. The Bertz CT molecular complexity index is 423. The van der Waals surface area contributed by atoms with Gasteiger partial charge < -0.3 is 10.1 Å². The second-order valence-electron chi connectivity index (χ2n) is 4.44. The molecule has 0 amide bonds. The lowest BCUT2D eigenvalue weighted by atomic mass is 10.2. The van der Waals surface area contributed by atoms with Crippen molar-refractivity contribution in [3.05, 3.63) is 29.6 Å². The summed E-state index contributed by atoms with van der Waals surface area (Å²) in [6.07, 6.45) is 0. The lowest BCUT2D eigenvalue weighted by Crippen LogP contribution is -2.21. The fourth-order valence-electron chi connectivity index (χ4n) is 1.40. The first-order valence-corrected chi connectivity index (χ1v) is 7.12. The first-order valence-electron chi connectivity index (χ1n) is 6.13. The van der Waals surface area contributed by atoms with Gasteiger partial charge in [-0.2, -0.15) is 13.2 Å². The van der Waals surface area contributed by atoms with Crippen molar-refractivity contribution in [3.8, 4) is 5.75 Å². The number of ether oxygens (including phenoxy) is 1. The number of hydrogen-bond donors (Lipinski definition) is 1. The van der Waals surface area contributed by atoms with Crippen LogP contribution in [-0.2, 0) is 6.54 Å². The summed E-state index contributed by atoms with van der Waals surface area (Å²) in [6, 6.07) is 4.73. The molecule has 1 N–H and O–H groups in total. The summed E-state index contributed by atoms with van der Waals surface area (Å²) in [6.45, 7) is 4.29. The summed E-state index contributed by atoms with van der Waals surface area (Å²) in [7, 11) is 0. The first kappa shape index (κ1) is 17.1. The number of benzene rings is 1. The lowest BCUT2D eigenvalue weighted by molar-refractivity contribution is -0.0329. The zero-order valence-corrected chi connectivity index (χ0v) is 12.1. The maximum atomic E-state index is 13.7. The highest BCUT2D eigenvalue weighted by molar-refractivity contribution is 8.00. The standard InChI is InChI=1S/C13H17F4NOS/c1-9(2)18-8-10-3-4-12(11(14)7-10)19-5-6-20-13(15,16)17/h3-4,7,9,18H,5-6,8H2,1-2H3. The van der Waals surface area contributed by atoms with Crippen molar-refractivity contribution in [3.63, 3.8) is 0 Å². The molecule has 1 aromatic carbocycles. The minimum atomic E-state index is -4.28. The lowest BCUT2D eigenvalue weighted by Gasteiger charge is -2.11. The third-order valence-corrected chi connectivity index (χ3v) is 3.02. The molecule has 7 heteroatoms. The second-order valence-corrected chi connectivity index (χ2v) is 5.60. The van der Waals surface area contributed by atoms with Crippen molar-refractivity contribution in [2.45, 2.75) is 31.9 Å². The van der Waals surface area contributed by atoms with Crippen LogP contribution in [0.25, 0.3) is 0 Å². The highest BCUT2D eigenvalue weighted by atomic mass is 32.2. The highest BCUT2D eigenvalue weighted by Gasteiger charge is 2.27. The summed E-state index contributed by atoms with van der Waals surface area (Å²) in [5.41, 5.74) is -3.53. The van der Waals surface area contributed by atoms with Gasteiger partial charge >= 0.3 is 5.51 Å². The van der Waals surface area contributed by atoms with Gasteiger partial charge in [0.15, 0.2) is 11.6 Å². The molecule has 0 unspecified atom stereocenters. The maximum Gasteiger partial charge on any atom is 0.441 e. The molecule has 0 radical (unpaired) electrons. The minimum absolute atomic E-state index is 0.0268. The third kappa shape index (κ3) is 7.00. The van der Waals surface area contributed by atoms with Crippen LogP contribution in [0.2, 0.25) is 0 Å². The predicted molar refractivity (Wildman–Crippen MR) is 72.4 cm³/mol. The van der Waals surface area contributed by atoms with Gasteiger partial charge in [0.1, 0.15) is 0 Å². The summed E-state index contributed by atoms with van der Waals surface area (Å²) < 4.78 is 54.3. The Balaban J connectivity index is 2.43. The monoisotopic (exact) mass is 311 g/mol. The normalized spacial score (nSPS) is 11.9. The van der Waals surface area contributed by atoms with Crippen LogP contribution in [-0.4, -0.2) is 23.9 Å². The number of hydrogen-bond acceptors (Lipinski definition) is 3. The number of thioether (sulfide) groups is 1. The minimum Gasteiger partial charge on any atom is -0.490 e. The van der Waals surface area contributed by atoms with Crippen LogP contribution in [0.3, 0.4) is 0 Å². The molecule has 1 aromatic rings. The van der Waals surface area contributed by atoms with Crippen molar-refractivity contribution in [2.75, 3.05) is 12.4 Å². The van der Waals surface area contributed by atoms with Gasteiger partial charge in [-0.3, -0.25) is 0 Å². The molecule has 2 nitrogen and oxygen atoms in total. The van der Waals surface area contributed by atoms with Gasteiger partial charge in [0.05, 0.1) is 6.61 Å². The average Bonchev–Trinajstić information content (AvgIpc) is 2.32. The number of alkyl halides is 3. The van der Waals surface area contributed by atoms with E-state index in [0.717, 1.165) is 5.56 Å². The van der Waals surface area contributed by atoms with Crippen molar-refractivity contribution in [1.82, 2.24) is 5.32 Å². The number of halogens is 4. The Morgan fingerprint density at radius 2 is 2.00 bits per heavy atom. The van der Waals surface area contributed by atoms with Crippen LogP contribution in [0.1, 0.15) is 19.4 Å². The van der Waals surface area contributed by atoms with Crippen LogP contribution in [0.15, 0.2) is 18.2 Å². The fourth-order valence-corrected chi connectivity index (χ4v) is 1.80. The molecule has 0 aliphatic carbocycles. The largest absolute Gasteiger partial charge is 0.490 e. The zero-order valence-electron chi connectivity index (χ0n) is 11.3. The first-order chi connectivity index (χ1) is 9.28. The summed E-state index contributed by atoms with van der Waals surface area (Å²) in [5, 5.41) is 3.14. The smallest absolute Gasteiger partial charge is 0.441 e. The molecule has 20 heavy (non-hydrogen) atoms. The predicted octanol–water partition coefficient (Wildman–Crippen LogP) is 3.96. The van der Waals surface area contributed by atoms with E-state index < -0.39 is 11.3 Å². The Hall–Kier alpha value is -0.950. The van der Waals surface area contributed by atoms with Gasteiger partial charge in [-0.1, -0.05) is 19.9 Å². The number of rotatable bonds is 7. The number of nitrogens with one attached hydrogen (secondary N) is 1. The van der Waals surface area contributed by atoms with E-state index in [0.29, 0.717) is 6.54 Å². The van der Waals surface area contributed by atoms with Gasteiger partial charge in [-0.15, -0.1) is 0 Å². The molecule has 114 valence electrons. The van der Waals surface area contributed by atoms with Crippen molar-refractivity contribution in [2.24, 2.45) is 0 Å². The molecule has 0 atom stereocenters. The molecular weight excluding hydrogens is 294 g/mol. The highest BCUT2D eigenvalue weighted by Crippen LogP contribution is 2.30. The van der Waals surface area contributed by atoms with Gasteiger partial charge in [0.25, 0.3) is 0 Å². The maximum absolute atomic E-state index is 13.7. The molecule has 0 aromatic heterocycles. The van der Waals surface area contributed by atoms with Crippen LogP contribution >= 0.6 is 11.8 Å². The summed E-state index contributed by atoms with van der Waals surface area (Å²) in [5.74, 6) is -0.856. The molecule has 0 saturated carbocycles. The molecule has 0 spiro atoms. The van der Waals surface area contributed by atoms with Crippen molar-refractivity contribution in [1.29, 1.82) is 0 Å². The molecule has 0 bridgehead atoms. The SMILES string of the molecule is CC(C)NCc1ccc(OCCSC(F)(F)F)c(F)c1. The van der Waals surface area contributed by atoms with Gasteiger partial charge in [-0.05, 0) is 29.5 Å². The molecule has 0 saturated heterocycles. The van der Waals surface area contributed by atoms with E-state index in [1.54, 1.807) is 6.07 Å². The van der Waals surface area contributed by atoms with E-state index in [9.17, 15) is 17.6 Å². The Morgan fingerprint density at radius 3 is 2.55 bits per heavy atom. The van der Waals surface area contributed by atoms with E-state index >= 15 is 0 Å². The third-order valence-electron chi connectivity index (χ3n) is 2.32. The molecule has 0 aliphatic heterocycles. The van der Waals surface area contributed by atoms with Crippen LogP contribution in [0.5, 0.6) is 5.75 Å².